The van der Waals surface area contributed by atoms with Gasteiger partial charge in [-0.2, -0.15) is 0 Å². The molecule has 0 aliphatic carbocycles. The molecule has 0 unspecified atom stereocenters. The predicted molar refractivity (Wildman–Crippen MR) is 147 cm³/mol. The van der Waals surface area contributed by atoms with Gasteiger partial charge in [-0.3, -0.25) is 4.79 Å². The Balaban J connectivity index is 1.46. The number of carbonyl (C=O) groups is 4. The van der Waals surface area contributed by atoms with E-state index in [-0.39, 0.29) is 38.4 Å². The van der Waals surface area contributed by atoms with Gasteiger partial charge in [-0.25, -0.2) is 14.4 Å². The van der Waals surface area contributed by atoms with Crippen LogP contribution in [0.15, 0.2) is 30.3 Å². The molecule has 3 fully saturated rings. The van der Waals surface area contributed by atoms with Crippen molar-refractivity contribution < 1.29 is 33.4 Å². The van der Waals surface area contributed by atoms with Crippen molar-refractivity contribution >= 4 is 47.3 Å². The van der Waals surface area contributed by atoms with Crippen LogP contribution in [0.25, 0.3) is 0 Å². The van der Waals surface area contributed by atoms with Gasteiger partial charge in [0, 0.05) is 55.9 Å². The monoisotopic (exact) mass is 589 g/mol. The third-order valence-electron chi connectivity index (χ3n) is 7.15. The third kappa shape index (κ3) is 6.28. The van der Waals surface area contributed by atoms with E-state index in [1.807, 2.05) is 0 Å². The number of ketones is 1. The second kappa shape index (κ2) is 12.3. The summed E-state index contributed by atoms with van der Waals surface area (Å²) in [7, 11) is 0. The summed E-state index contributed by atoms with van der Waals surface area (Å²) in [6.45, 7) is 3.33. The van der Waals surface area contributed by atoms with Crippen molar-refractivity contribution in [2.45, 2.75) is 38.5 Å². The Morgan fingerprint density at radius 1 is 0.550 bits per heavy atom. The Kier molecular flexibility index (Phi) is 8.66. The number of ether oxygens (including phenoxy) is 3. The van der Waals surface area contributed by atoms with Gasteiger partial charge in [0.1, 0.15) is 5.75 Å². The van der Waals surface area contributed by atoms with Gasteiger partial charge in [-0.15, -0.1) is 0 Å². The first-order chi connectivity index (χ1) is 19.3. The van der Waals surface area contributed by atoms with Gasteiger partial charge in [0.05, 0.1) is 10.6 Å². The molecule has 0 saturated carbocycles. The summed E-state index contributed by atoms with van der Waals surface area (Å²) in [5.41, 5.74) is -0.0480. The maximum atomic E-state index is 13.8. The van der Waals surface area contributed by atoms with Gasteiger partial charge in [0.25, 0.3) is 0 Å². The van der Waals surface area contributed by atoms with E-state index in [9.17, 15) is 19.2 Å². The van der Waals surface area contributed by atoms with Crippen LogP contribution in [0.3, 0.4) is 0 Å². The number of amides is 3. The molecule has 0 spiro atoms. The summed E-state index contributed by atoms with van der Waals surface area (Å²) in [6.07, 6.45) is 3.40. The fourth-order valence-electron chi connectivity index (χ4n) is 4.96. The highest BCUT2D eigenvalue weighted by Gasteiger charge is 2.29. The first-order valence-electron chi connectivity index (χ1n) is 13.4. The van der Waals surface area contributed by atoms with Crippen LogP contribution in [0.5, 0.6) is 17.2 Å². The molecule has 0 aromatic heterocycles. The van der Waals surface area contributed by atoms with Crippen LogP contribution in [0.1, 0.15) is 54.4 Å². The molecular weight excluding hydrogens is 561 g/mol. The molecule has 40 heavy (non-hydrogen) atoms. The summed E-state index contributed by atoms with van der Waals surface area (Å²) >= 11 is 12.7. The molecule has 0 radical (unpaired) electrons. The normalized spacial score (nSPS) is 16.8. The SMILES string of the molecule is O=C(c1cc(OC(=O)N2CCCC2)c(OC(=O)N2CCCC2)cc1Cl)c1cc(Cl)ccc1OC(=O)N1CCCC1. The van der Waals surface area contributed by atoms with Gasteiger partial charge in [-0.05, 0) is 62.8 Å². The zero-order valence-electron chi connectivity index (χ0n) is 21.8. The van der Waals surface area contributed by atoms with Crippen molar-refractivity contribution in [1.29, 1.82) is 0 Å². The molecule has 212 valence electrons. The molecule has 3 saturated heterocycles. The fraction of sp³-hybridized carbons (Fsp3) is 0.429. The van der Waals surface area contributed by atoms with Gasteiger partial charge in [0.2, 0.25) is 0 Å². The predicted octanol–water partition coefficient (Wildman–Crippen LogP) is 6.01. The highest BCUT2D eigenvalue weighted by Crippen LogP contribution is 2.37. The van der Waals surface area contributed by atoms with Crippen LogP contribution in [0, 0.1) is 0 Å². The van der Waals surface area contributed by atoms with E-state index in [1.165, 1.54) is 35.2 Å². The van der Waals surface area contributed by atoms with Crippen LogP contribution in [-0.4, -0.2) is 78.0 Å². The molecule has 5 rings (SSSR count). The zero-order valence-corrected chi connectivity index (χ0v) is 23.3. The van der Waals surface area contributed by atoms with Crippen LogP contribution >= 0.6 is 23.2 Å². The van der Waals surface area contributed by atoms with Crippen LogP contribution in [-0.2, 0) is 0 Å². The highest BCUT2D eigenvalue weighted by atomic mass is 35.5. The van der Waals surface area contributed by atoms with E-state index >= 15 is 0 Å². The van der Waals surface area contributed by atoms with Crippen LogP contribution in [0.2, 0.25) is 10.0 Å². The summed E-state index contributed by atoms with van der Waals surface area (Å²) in [6, 6.07) is 6.87. The Morgan fingerprint density at radius 2 is 0.975 bits per heavy atom. The lowest BCUT2D eigenvalue weighted by atomic mass is 10.0. The summed E-state index contributed by atoms with van der Waals surface area (Å²) in [4.78, 5) is 56.6. The topological polar surface area (TPSA) is 106 Å². The quantitative estimate of drug-likeness (QED) is 0.393. The number of halogens is 2. The minimum atomic E-state index is -0.625. The van der Waals surface area contributed by atoms with Crippen molar-refractivity contribution in [3.05, 3.63) is 51.5 Å². The number of carbonyl (C=O) groups excluding carboxylic acids is 4. The largest absolute Gasteiger partial charge is 0.415 e. The molecule has 2 aromatic carbocycles. The number of rotatable bonds is 5. The molecule has 0 bridgehead atoms. The molecule has 3 amide bonds. The van der Waals surface area contributed by atoms with Gasteiger partial charge in [0.15, 0.2) is 17.3 Å². The number of hydrogen-bond donors (Lipinski definition) is 0. The molecule has 3 heterocycles. The number of hydrogen-bond acceptors (Lipinski definition) is 7. The molecule has 0 atom stereocenters. The fourth-order valence-corrected chi connectivity index (χ4v) is 5.37. The molecule has 0 N–H and O–H groups in total. The van der Waals surface area contributed by atoms with Crippen molar-refractivity contribution in [3.8, 4) is 17.2 Å². The van der Waals surface area contributed by atoms with Crippen molar-refractivity contribution in [3.63, 3.8) is 0 Å². The number of benzene rings is 2. The first-order valence-corrected chi connectivity index (χ1v) is 14.1. The van der Waals surface area contributed by atoms with Crippen molar-refractivity contribution in [2.24, 2.45) is 0 Å². The van der Waals surface area contributed by atoms with E-state index in [1.54, 1.807) is 9.80 Å². The lowest BCUT2D eigenvalue weighted by Gasteiger charge is -2.20. The second-order valence-electron chi connectivity index (χ2n) is 9.93. The van der Waals surface area contributed by atoms with Crippen molar-refractivity contribution in [1.82, 2.24) is 14.7 Å². The maximum Gasteiger partial charge on any atom is 0.415 e. The Labute approximate surface area is 241 Å². The minimum absolute atomic E-state index is 0.000535. The molecule has 3 aliphatic heterocycles. The summed E-state index contributed by atoms with van der Waals surface area (Å²) < 4.78 is 16.7. The summed E-state index contributed by atoms with van der Waals surface area (Å²) in [5, 5.41) is 0.198. The van der Waals surface area contributed by atoms with Gasteiger partial charge in [-0.1, -0.05) is 23.2 Å². The van der Waals surface area contributed by atoms with Gasteiger partial charge >= 0.3 is 18.3 Å². The van der Waals surface area contributed by atoms with Gasteiger partial charge < -0.3 is 28.9 Å². The highest BCUT2D eigenvalue weighted by molar-refractivity contribution is 6.36. The molecule has 2 aromatic rings. The Morgan fingerprint density at radius 3 is 1.45 bits per heavy atom. The van der Waals surface area contributed by atoms with Crippen LogP contribution < -0.4 is 14.2 Å². The lowest BCUT2D eigenvalue weighted by molar-refractivity contribution is 0.103. The van der Waals surface area contributed by atoms with E-state index < -0.39 is 24.1 Å². The standard InChI is InChI=1S/C28H29Cl2N3O7/c29-18-7-8-22(38-26(35)31-9-1-2-10-31)20(15-18)25(34)19-16-23(39-27(36)32-11-3-4-12-32)24(17-21(19)30)40-28(37)33-13-5-6-14-33/h7-8,15-17H,1-6,9-14H2. The average molecular weight is 590 g/mol. The Bertz CT molecular complexity index is 1320. The minimum Gasteiger partial charge on any atom is -0.409 e. The second-order valence-corrected chi connectivity index (χ2v) is 10.8. The van der Waals surface area contributed by atoms with Crippen molar-refractivity contribution in [2.75, 3.05) is 39.3 Å². The molecule has 3 aliphatic rings. The summed E-state index contributed by atoms with van der Waals surface area (Å²) in [5.74, 6) is -0.817. The first kappa shape index (κ1) is 28.0. The zero-order chi connectivity index (χ0) is 28.2. The number of likely N-dealkylation sites (tertiary alicyclic amines) is 3. The average Bonchev–Trinajstić information content (AvgIpc) is 3.74. The molecule has 12 heteroatoms. The Hall–Kier alpha value is -3.50. The smallest absolute Gasteiger partial charge is 0.409 e. The van der Waals surface area contributed by atoms with E-state index in [0.717, 1.165) is 38.5 Å². The lowest BCUT2D eigenvalue weighted by Crippen LogP contribution is -2.32. The number of nitrogens with zero attached hydrogens (tertiary/aromatic N) is 3. The maximum absolute atomic E-state index is 13.8. The molecule has 10 nitrogen and oxygen atoms in total. The molecular formula is C28H29Cl2N3O7. The van der Waals surface area contributed by atoms with E-state index in [2.05, 4.69) is 0 Å². The van der Waals surface area contributed by atoms with E-state index in [4.69, 9.17) is 37.4 Å². The third-order valence-corrected chi connectivity index (χ3v) is 7.70. The van der Waals surface area contributed by atoms with Crippen LogP contribution in [0.4, 0.5) is 14.4 Å². The van der Waals surface area contributed by atoms with E-state index in [0.29, 0.717) is 39.3 Å².